The standard InChI is InChI=1S/C8H8N2S2/c1-10-3-2-6(4-10)7-5-12-8(11)9-7/h2-5H,1H3,(H,9,11). The molecule has 0 fully saturated rings. The molecule has 62 valence electrons. The topological polar surface area (TPSA) is 20.7 Å². The molecule has 0 aliphatic heterocycles. The Morgan fingerprint density at radius 2 is 2.42 bits per heavy atom. The molecule has 0 radical (unpaired) electrons. The molecular formula is C8H8N2S2. The molecule has 0 amide bonds. The van der Waals surface area contributed by atoms with E-state index in [1.54, 1.807) is 11.3 Å². The van der Waals surface area contributed by atoms with Gasteiger partial charge in [-0.15, -0.1) is 11.3 Å². The summed E-state index contributed by atoms with van der Waals surface area (Å²) in [6, 6.07) is 2.06. The summed E-state index contributed by atoms with van der Waals surface area (Å²) in [5.41, 5.74) is 2.29. The maximum Gasteiger partial charge on any atom is 0.158 e. The summed E-state index contributed by atoms with van der Waals surface area (Å²) < 4.78 is 2.85. The average Bonchev–Trinajstić information content (AvgIpc) is 2.58. The number of H-pyrrole nitrogens is 1. The molecule has 0 saturated heterocycles. The fourth-order valence-electron chi connectivity index (χ4n) is 1.08. The van der Waals surface area contributed by atoms with Crippen molar-refractivity contribution in [3.05, 3.63) is 27.8 Å². The molecule has 0 spiro atoms. The van der Waals surface area contributed by atoms with E-state index in [0.29, 0.717) is 0 Å². The molecule has 0 bridgehead atoms. The van der Waals surface area contributed by atoms with Crippen LogP contribution < -0.4 is 0 Å². The number of nitrogens with one attached hydrogen (secondary N) is 1. The van der Waals surface area contributed by atoms with Gasteiger partial charge in [-0.1, -0.05) is 0 Å². The van der Waals surface area contributed by atoms with Crippen molar-refractivity contribution in [2.45, 2.75) is 0 Å². The summed E-state index contributed by atoms with van der Waals surface area (Å²) >= 11 is 6.55. The SMILES string of the molecule is Cn1ccc(-c2csc(=S)[nH]2)c1. The average molecular weight is 196 g/mol. The van der Waals surface area contributed by atoms with Crippen molar-refractivity contribution in [1.82, 2.24) is 9.55 Å². The van der Waals surface area contributed by atoms with Crippen molar-refractivity contribution in [2.24, 2.45) is 7.05 Å². The van der Waals surface area contributed by atoms with Crippen LogP contribution in [0, 0.1) is 3.95 Å². The van der Waals surface area contributed by atoms with E-state index in [0.717, 1.165) is 9.65 Å². The van der Waals surface area contributed by atoms with Crippen LogP contribution in [0.3, 0.4) is 0 Å². The largest absolute Gasteiger partial charge is 0.357 e. The van der Waals surface area contributed by atoms with Gasteiger partial charge in [-0.05, 0) is 18.3 Å². The Balaban J connectivity index is 2.50. The molecule has 0 aliphatic rings. The van der Waals surface area contributed by atoms with Crippen molar-refractivity contribution in [2.75, 3.05) is 0 Å². The van der Waals surface area contributed by atoms with Crippen LogP contribution in [0.2, 0.25) is 0 Å². The first-order chi connectivity index (χ1) is 5.75. The molecular weight excluding hydrogens is 188 g/mol. The number of aromatic amines is 1. The lowest BCUT2D eigenvalue weighted by molar-refractivity contribution is 0.928. The van der Waals surface area contributed by atoms with Crippen LogP contribution in [0.1, 0.15) is 0 Å². The fourth-order valence-corrected chi connectivity index (χ4v) is 1.93. The Morgan fingerprint density at radius 1 is 1.58 bits per heavy atom. The zero-order chi connectivity index (χ0) is 8.55. The highest BCUT2D eigenvalue weighted by atomic mass is 32.1. The number of thiazole rings is 1. The molecule has 0 saturated carbocycles. The Morgan fingerprint density at radius 3 is 2.92 bits per heavy atom. The summed E-state index contributed by atoms with van der Waals surface area (Å²) in [5.74, 6) is 0. The second kappa shape index (κ2) is 2.88. The highest BCUT2D eigenvalue weighted by Gasteiger charge is 1.99. The lowest BCUT2D eigenvalue weighted by atomic mass is 10.3. The predicted octanol–water partition coefficient (Wildman–Crippen LogP) is 2.81. The van der Waals surface area contributed by atoms with Crippen LogP contribution in [0.4, 0.5) is 0 Å². The van der Waals surface area contributed by atoms with Crippen molar-refractivity contribution in [3.63, 3.8) is 0 Å². The zero-order valence-corrected chi connectivity index (χ0v) is 8.21. The first kappa shape index (κ1) is 7.76. The van der Waals surface area contributed by atoms with Crippen LogP contribution in [0.15, 0.2) is 23.8 Å². The minimum absolute atomic E-state index is 0.828. The molecule has 2 rings (SSSR count). The normalized spacial score (nSPS) is 10.4. The van der Waals surface area contributed by atoms with E-state index in [1.165, 1.54) is 5.56 Å². The van der Waals surface area contributed by atoms with Crippen LogP contribution >= 0.6 is 23.6 Å². The second-order valence-electron chi connectivity index (χ2n) is 2.63. The van der Waals surface area contributed by atoms with Gasteiger partial charge >= 0.3 is 0 Å². The summed E-state index contributed by atoms with van der Waals surface area (Å²) in [5, 5.41) is 2.04. The summed E-state index contributed by atoms with van der Waals surface area (Å²) in [4.78, 5) is 3.13. The van der Waals surface area contributed by atoms with Gasteiger partial charge in [-0.3, -0.25) is 0 Å². The van der Waals surface area contributed by atoms with Gasteiger partial charge in [0.1, 0.15) is 0 Å². The lowest BCUT2D eigenvalue weighted by Gasteiger charge is -1.88. The first-order valence-electron chi connectivity index (χ1n) is 3.56. The second-order valence-corrected chi connectivity index (χ2v) is 4.17. The van der Waals surface area contributed by atoms with E-state index < -0.39 is 0 Å². The van der Waals surface area contributed by atoms with Crippen LogP contribution in [0.5, 0.6) is 0 Å². The highest BCUT2D eigenvalue weighted by Crippen LogP contribution is 2.19. The number of rotatable bonds is 1. The summed E-state index contributed by atoms with van der Waals surface area (Å²) in [7, 11) is 2.00. The Labute approximate surface area is 79.5 Å². The van der Waals surface area contributed by atoms with E-state index in [1.807, 2.05) is 23.2 Å². The number of aryl methyl sites for hydroxylation is 1. The van der Waals surface area contributed by atoms with Gasteiger partial charge < -0.3 is 9.55 Å². The highest BCUT2D eigenvalue weighted by molar-refractivity contribution is 7.73. The Kier molecular flexibility index (Phi) is 1.86. The molecule has 4 heteroatoms. The maximum absolute atomic E-state index is 5.00. The van der Waals surface area contributed by atoms with E-state index in [4.69, 9.17) is 12.2 Å². The van der Waals surface area contributed by atoms with Gasteiger partial charge in [0.25, 0.3) is 0 Å². The van der Waals surface area contributed by atoms with Gasteiger partial charge in [-0.25, -0.2) is 0 Å². The predicted molar refractivity (Wildman–Crippen MR) is 53.9 cm³/mol. The quantitative estimate of drug-likeness (QED) is 0.696. The zero-order valence-electron chi connectivity index (χ0n) is 6.57. The van der Waals surface area contributed by atoms with Gasteiger partial charge in [0.2, 0.25) is 0 Å². The number of hydrogen-bond acceptors (Lipinski definition) is 2. The molecule has 0 aromatic carbocycles. The van der Waals surface area contributed by atoms with Gasteiger partial charge in [-0.2, -0.15) is 0 Å². The molecule has 1 N–H and O–H groups in total. The number of hydrogen-bond donors (Lipinski definition) is 1. The minimum Gasteiger partial charge on any atom is -0.357 e. The Bertz CT molecular complexity index is 436. The minimum atomic E-state index is 0.828. The van der Waals surface area contributed by atoms with E-state index in [9.17, 15) is 0 Å². The number of aromatic nitrogens is 2. The van der Waals surface area contributed by atoms with Crippen LogP contribution in [-0.2, 0) is 7.05 Å². The molecule has 0 atom stereocenters. The fraction of sp³-hybridized carbons (Fsp3) is 0.125. The lowest BCUT2D eigenvalue weighted by Crippen LogP contribution is -1.78. The maximum atomic E-state index is 5.00. The van der Waals surface area contributed by atoms with E-state index in [2.05, 4.69) is 17.2 Å². The first-order valence-corrected chi connectivity index (χ1v) is 4.84. The van der Waals surface area contributed by atoms with Gasteiger partial charge in [0.05, 0.1) is 5.69 Å². The summed E-state index contributed by atoms with van der Waals surface area (Å²) in [6.07, 6.45) is 4.08. The molecule has 2 aromatic heterocycles. The molecule has 2 nitrogen and oxygen atoms in total. The third-order valence-corrected chi connectivity index (χ3v) is 2.72. The molecule has 2 aromatic rings. The number of nitrogens with zero attached hydrogens (tertiary/aromatic N) is 1. The smallest absolute Gasteiger partial charge is 0.158 e. The van der Waals surface area contributed by atoms with Crippen molar-refractivity contribution < 1.29 is 0 Å². The summed E-state index contributed by atoms with van der Waals surface area (Å²) in [6.45, 7) is 0. The molecule has 0 unspecified atom stereocenters. The van der Waals surface area contributed by atoms with Crippen LogP contribution in [0.25, 0.3) is 11.3 Å². The van der Waals surface area contributed by atoms with Crippen molar-refractivity contribution in [3.8, 4) is 11.3 Å². The van der Waals surface area contributed by atoms with Gasteiger partial charge in [0.15, 0.2) is 3.95 Å². The van der Waals surface area contributed by atoms with Gasteiger partial charge in [0, 0.05) is 30.4 Å². The monoisotopic (exact) mass is 196 g/mol. The Hall–Kier alpha value is -0.870. The van der Waals surface area contributed by atoms with Crippen molar-refractivity contribution in [1.29, 1.82) is 0 Å². The van der Waals surface area contributed by atoms with E-state index in [-0.39, 0.29) is 0 Å². The molecule has 12 heavy (non-hydrogen) atoms. The third-order valence-electron chi connectivity index (χ3n) is 1.66. The van der Waals surface area contributed by atoms with Crippen LogP contribution in [-0.4, -0.2) is 9.55 Å². The van der Waals surface area contributed by atoms with E-state index >= 15 is 0 Å². The third kappa shape index (κ3) is 1.35. The van der Waals surface area contributed by atoms with Crippen molar-refractivity contribution >= 4 is 23.6 Å². The molecule has 2 heterocycles. The molecule has 0 aliphatic carbocycles.